The molecular formula is C23H30N2O3S. The van der Waals surface area contributed by atoms with E-state index in [1.807, 2.05) is 19.9 Å². The molecule has 2 atom stereocenters. The molecule has 0 aromatic heterocycles. The highest BCUT2D eigenvalue weighted by Crippen LogP contribution is 2.26. The number of rotatable bonds is 7. The zero-order valence-corrected chi connectivity index (χ0v) is 18.2. The lowest BCUT2D eigenvalue weighted by Gasteiger charge is -2.31. The van der Waals surface area contributed by atoms with Gasteiger partial charge in [0, 0.05) is 0 Å². The number of nitrogens with one attached hydrogen (secondary N) is 1. The molecule has 6 heteroatoms. The number of aryl methyl sites for hydroxylation is 2. The number of fused-ring (bicyclic) bond motifs is 1. The minimum atomic E-state index is -3.61. The van der Waals surface area contributed by atoms with Crippen LogP contribution in [0.2, 0.25) is 0 Å². The van der Waals surface area contributed by atoms with E-state index in [9.17, 15) is 13.2 Å². The minimum absolute atomic E-state index is 0.194. The van der Waals surface area contributed by atoms with Gasteiger partial charge < -0.3 is 5.32 Å². The molecule has 5 nitrogen and oxygen atoms in total. The van der Waals surface area contributed by atoms with Gasteiger partial charge in [-0.25, -0.2) is 8.42 Å². The van der Waals surface area contributed by atoms with Gasteiger partial charge in [-0.3, -0.25) is 9.10 Å². The van der Waals surface area contributed by atoms with Gasteiger partial charge in [-0.1, -0.05) is 43.3 Å². The predicted molar refractivity (Wildman–Crippen MR) is 117 cm³/mol. The Labute approximate surface area is 174 Å². The van der Waals surface area contributed by atoms with Crippen LogP contribution < -0.4 is 9.62 Å². The molecule has 1 aliphatic rings. The van der Waals surface area contributed by atoms with Gasteiger partial charge in [0.25, 0.3) is 0 Å². The van der Waals surface area contributed by atoms with Crippen LogP contribution in [0.1, 0.15) is 55.8 Å². The van der Waals surface area contributed by atoms with Gasteiger partial charge in [0.15, 0.2) is 0 Å². The lowest BCUT2D eigenvalue weighted by Crippen LogP contribution is -2.49. The van der Waals surface area contributed by atoms with Crippen LogP contribution in [0.4, 0.5) is 5.69 Å². The molecule has 2 aromatic carbocycles. The van der Waals surface area contributed by atoms with Gasteiger partial charge in [0.1, 0.15) is 6.04 Å². The number of para-hydroxylation sites is 1. The van der Waals surface area contributed by atoms with E-state index in [1.165, 1.54) is 28.3 Å². The maximum Gasteiger partial charge on any atom is 0.244 e. The van der Waals surface area contributed by atoms with E-state index in [-0.39, 0.29) is 11.9 Å². The molecule has 0 spiro atoms. The summed E-state index contributed by atoms with van der Waals surface area (Å²) in [6.45, 7) is 3.78. The van der Waals surface area contributed by atoms with Gasteiger partial charge >= 0.3 is 0 Å². The highest BCUT2D eigenvalue weighted by molar-refractivity contribution is 7.92. The van der Waals surface area contributed by atoms with Crippen LogP contribution in [0.15, 0.2) is 48.5 Å². The van der Waals surface area contributed by atoms with Crippen LogP contribution >= 0.6 is 0 Å². The third kappa shape index (κ3) is 4.99. The number of hydrogen-bond acceptors (Lipinski definition) is 3. The fraction of sp³-hybridized carbons (Fsp3) is 0.435. The monoisotopic (exact) mass is 414 g/mol. The van der Waals surface area contributed by atoms with Crippen molar-refractivity contribution in [3.05, 3.63) is 65.2 Å². The largest absolute Gasteiger partial charge is 0.348 e. The summed E-state index contributed by atoms with van der Waals surface area (Å²) in [5.74, 6) is -0.285. The zero-order valence-electron chi connectivity index (χ0n) is 17.4. The first-order valence-electron chi connectivity index (χ1n) is 10.3. The van der Waals surface area contributed by atoms with Crippen LogP contribution in [-0.2, 0) is 27.7 Å². The molecule has 0 saturated heterocycles. The average molecular weight is 415 g/mol. The first-order chi connectivity index (χ1) is 13.8. The van der Waals surface area contributed by atoms with Crippen molar-refractivity contribution >= 4 is 21.6 Å². The smallest absolute Gasteiger partial charge is 0.244 e. The van der Waals surface area contributed by atoms with Crippen molar-refractivity contribution in [3.8, 4) is 0 Å². The maximum absolute atomic E-state index is 13.1. The SMILES string of the molecule is CC[C@H](C(=O)N[C@H](C)c1ccc2c(c1)CCCC2)N(c1ccccc1)S(C)(=O)=O. The molecule has 3 rings (SSSR count). The number of carbonyl (C=O) groups is 1. The van der Waals surface area contributed by atoms with Crippen LogP contribution in [-0.4, -0.2) is 26.6 Å². The summed E-state index contributed by atoms with van der Waals surface area (Å²) < 4.78 is 26.2. The number of amides is 1. The van der Waals surface area contributed by atoms with Gasteiger partial charge in [-0.05, 0) is 67.9 Å². The highest BCUT2D eigenvalue weighted by atomic mass is 32.2. The third-order valence-corrected chi connectivity index (χ3v) is 6.75. The Morgan fingerprint density at radius 3 is 2.34 bits per heavy atom. The van der Waals surface area contributed by atoms with E-state index in [2.05, 4.69) is 23.5 Å². The lowest BCUT2D eigenvalue weighted by atomic mass is 9.89. The van der Waals surface area contributed by atoms with Crippen LogP contribution in [0.3, 0.4) is 0 Å². The van der Waals surface area contributed by atoms with Gasteiger partial charge in [-0.15, -0.1) is 0 Å². The molecular weight excluding hydrogens is 384 g/mol. The Hall–Kier alpha value is -2.34. The Bertz CT molecular complexity index is 957. The summed E-state index contributed by atoms with van der Waals surface area (Å²) in [5, 5.41) is 3.03. The molecule has 156 valence electrons. The summed E-state index contributed by atoms with van der Waals surface area (Å²) in [6.07, 6.45) is 6.16. The molecule has 0 fully saturated rings. The number of carbonyl (C=O) groups excluding carboxylic acids is 1. The standard InChI is InChI=1S/C23H30N2O3S/c1-4-22(25(29(3,27)28)21-12-6-5-7-13-21)23(26)24-17(2)19-15-14-18-10-8-9-11-20(18)16-19/h5-7,12-17,22H,4,8-11H2,1-3H3,(H,24,26)/t17-,22-/m1/s1. The maximum atomic E-state index is 13.1. The van der Waals surface area contributed by atoms with E-state index in [0.717, 1.165) is 24.7 Å². The number of nitrogens with zero attached hydrogens (tertiary/aromatic N) is 1. The van der Waals surface area contributed by atoms with Crippen LogP contribution in [0, 0.1) is 0 Å². The molecule has 0 bridgehead atoms. The van der Waals surface area contributed by atoms with Crippen LogP contribution in [0.25, 0.3) is 0 Å². The number of benzene rings is 2. The van der Waals surface area contributed by atoms with Crippen molar-refractivity contribution in [1.29, 1.82) is 0 Å². The van der Waals surface area contributed by atoms with Crippen molar-refractivity contribution in [2.45, 2.75) is 58.0 Å². The van der Waals surface area contributed by atoms with E-state index < -0.39 is 16.1 Å². The predicted octanol–water partition coefficient (Wildman–Crippen LogP) is 3.99. The first kappa shape index (κ1) is 21.4. The van der Waals surface area contributed by atoms with Crippen LogP contribution in [0.5, 0.6) is 0 Å². The summed E-state index contributed by atoms with van der Waals surface area (Å²) in [7, 11) is -3.61. The Morgan fingerprint density at radius 2 is 1.72 bits per heavy atom. The van der Waals surface area contributed by atoms with E-state index in [1.54, 1.807) is 24.3 Å². The fourth-order valence-electron chi connectivity index (χ4n) is 4.05. The van der Waals surface area contributed by atoms with Gasteiger partial charge in [-0.2, -0.15) is 0 Å². The average Bonchev–Trinajstić information content (AvgIpc) is 2.71. The van der Waals surface area contributed by atoms with Crippen molar-refractivity contribution in [2.75, 3.05) is 10.6 Å². The number of sulfonamides is 1. The Balaban J connectivity index is 1.81. The summed E-state index contributed by atoms with van der Waals surface area (Å²) in [5.41, 5.74) is 4.32. The normalized spacial score (nSPS) is 15.8. The highest BCUT2D eigenvalue weighted by Gasteiger charge is 2.32. The molecule has 0 aliphatic heterocycles. The fourth-order valence-corrected chi connectivity index (χ4v) is 5.26. The molecule has 0 heterocycles. The lowest BCUT2D eigenvalue weighted by molar-refractivity contribution is -0.122. The second-order valence-corrected chi connectivity index (χ2v) is 9.64. The van der Waals surface area contributed by atoms with E-state index in [4.69, 9.17) is 0 Å². The Morgan fingerprint density at radius 1 is 1.07 bits per heavy atom. The topological polar surface area (TPSA) is 66.5 Å². The van der Waals surface area contributed by atoms with Crippen molar-refractivity contribution < 1.29 is 13.2 Å². The number of anilines is 1. The molecule has 0 radical (unpaired) electrons. The van der Waals surface area contributed by atoms with Crippen molar-refractivity contribution in [2.24, 2.45) is 0 Å². The van der Waals surface area contributed by atoms with E-state index in [0.29, 0.717) is 12.1 Å². The van der Waals surface area contributed by atoms with Gasteiger partial charge in [0.05, 0.1) is 18.0 Å². The molecule has 1 amide bonds. The molecule has 1 N–H and O–H groups in total. The van der Waals surface area contributed by atoms with Gasteiger partial charge in [0.2, 0.25) is 15.9 Å². The minimum Gasteiger partial charge on any atom is -0.348 e. The summed E-state index contributed by atoms with van der Waals surface area (Å²) in [6, 6.07) is 14.2. The molecule has 0 saturated carbocycles. The third-order valence-electron chi connectivity index (χ3n) is 5.57. The molecule has 1 aliphatic carbocycles. The Kier molecular flexibility index (Phi) is 6.63. The van der Waals surface area contributed by atoms with Crippen molar-refractivity contribution in [1.82, 2.24) is 5.32 Å². The molecule has 2 aromatic rings. The van der Waals surface area contributed by atoms with E-state index >= 15 is 0 Å². The number of hydrogen-bond donors (Lipinski definition) is 1. The molecule has 0 unspecified atom stereocenters. The van der Waals surface area contributed by atoms with Crippen molar-refractivity contribution in [3.63, 3.8) is 0 Å². The second kappa shape index (κ2) is 8.99. The summed E-state index contributed by atoms with van der Waals surface area (Å²) in [4.78, 5) is 13.1. The zero-order chi connectivity index (χ0) is 21.0. The second-order valence-electron chi connectivity index (χ2n) is 7.78. The quantitative estimate of drug-likeness (QED) is 0.745. The molecule has 29 heavy (non-hydrogen) atoms. The first-order valence-corrected chi connectivity index (χ1v) is 12.1. The summed E-state index contributed by atoms with van der Waals surface area (Å²) >= 11 is 0.